The minimum absolute atomic E-state index is 0.326. The SMILES string of the molecule is CC1CC(C)CC(Oc2ccc3ccccc3c2CCl)C1. The van der Waals surface area contributed by atoms with E-state index in [-0.39, 0.29) is 0 Å². The zero-order valence-electron chi connectivity index (χ0n) is 12.8. The van der Waals surface area contributed by atoms with Gasteiger partial charge in [0.05, 0.1) is 12.0 Å². The minimum Gasteiger partial charge on any atom is -0.490 e. The second kappa shape index (κ2) is 6.27. The summed E-state index contributed by atoms with van der Waals surface area (Å²) in [4.78, 5) is 0. The lowest BCUT2D eigenvalue weighted by Gasteiger charge is -2.32. The van der Waals surface area contributed by atoms with Crippen LogP contribution in [0.2, 0.25) is 0 Å². The molecule has 3 rings (SSSR count). The number of alkyl halides is 1. The summed E-state index contributed by atoms with van der Waals surface area (Å²) < 4.78 is 6.34. The van der Waals surface area contributed by atoms with E-state index >= 15 is 0 Å². The van der Waals surface area contributed by atoms with Crippen molar-refractivity contribution in [2.24, 2.45) is 11.8 Å². The summed E-state index contributed by atoms with van der Waals surface area (Å²) in [5.41, 5.74) is 1.13. The van der Waals surface area contributed by atoms with E-state index in [0.717, 1.165) is 36.0 Å². The van der Waals surface area contributed by atoms with Crippen molar-refractivity contribution < 1.29 is 4.74 Å². The van der Waals surface area contributed by atoms with Gasteiger partial charge in [-0.05, 0) is 47.9 Å². The Labute approximate surface area is 132 Å². The molecule has 0 saturated heterocycles. The van der Waals surface area contributed by atoms with Crippen LogP contribution in [0.25, 0.3) is 10.8 Å². The van der Waals surface area contributed by atoms with Crippen LogP contribution in [0, 0.1) is 11.8 Å². The maximum absolute atomic E-state index is 6.34. The summed E-state index contributed by atoms with van der Waals surface area (Å²) in [6.07, 6.45) is 3.95. The minimum atomic E-state index is 0.326. The molecule has 0 bridgehead atoms. The number of halogens is 1. The molecule has 1 saturated carbocycles. The van der Waals surface area contributed by atoms with E-state index in [1.807, 2.05) is 0 Å². The molecule has 21 heavy (non-hydrogen) atoms. The summed E-state index contributed by atoms with van der Waals surface area (Å²) >= 11 is 6.21. The van der Waals surface area contributed by atoms with Gasteiger partial charge in [0.2, 0.25) is 0 Å². The number of hydrogen-bond acceptors (Lipinski definition) is 1. The van der Waals surface area contributed by atoms with Crippen LogP contribution in [-0.2, 0) is 5.88 Å². The molecule has 2 heteroatoms. The molecular weight excluding hydrogens is 280 g/mol. The molecule has 2 aromatic rings. The van der Waals surface area contributed by atoms with Gasteiger partial charge in [0.15, 0.2) is 0 Å². The Morgan fingerprint density at radius 1 is 1.00 bits per heavy atom. The average molecular weight is 303 g/mol. The molecule has 0 heterocycles. The molecule has 0 radical (unpaired) electrons. The van der Waals surface area contributed by atoms with E-state index in [2.05, 4.69) is 50.2 Å². The van der Waals surface area contributed by atoms with E-state index in [4.69, 9.17) is 16.3 Å². The number of ether oxygens (including phenoxy) is 1. The molecule has 1 aliphatic rings. The second-order valence-corrected chi connectivity index (χ2v) is 6.82. The van der Waals surface area contributed by atoms with Gasteiger partial charge >= 0.3 is 0 Å². The predicted molar refractivity (Wildman–Crippen MR) is 90.1 cm³/mol. The van der Waals surface area contributed by atoms with Gasteiger partial charge in [-0.25, -0.2) is 0 Å². The highest BCUT2D eigenvalue weighted by Gasteiger charge is 2.26. The van der Waals surface area contributed by atoms with Gasteiger partial charge in [-0.2, -0.15) is 0 Å². The summed E-state index contributed by atoms with van der Waals surface area (Å²) in [7, 11) is 0. The molecule has 0 N–H and O–H groups in total. The number of hydrogen-bond donors (Lipinski definition) is 0. The van der Waals surface area contributed by atoms with Crippen LogP contribution in [0.1, 0.15) is 38.7 Å². The van der Waals surface area contributed by atoms with Crippen molar-refractivity contribution in [1.82, 2.24) is 0 Å². The Kier molecular flexibility index (Phi) is 4.40. The Hall–Kier alpha value is -1.21. The molecule has 1 aliphatic carbocycles. The van der Waals surface area contributed by atoms with Crippen LogP contribution in [0.3, 0.4) is 0 Å². The molecule has 0 spiro atoms. The molecule has 1 nitrogen and oxygen atoms in total. The summed E-state index contributed by atoms with van der Waals surface area (Å²) in [5.74, 6) is 2.96. The van der Waals surface area contributed by atoms with E-state index < -0.39 is 0 Å². The smallest absolute Gasteiger partial charge is 0.124 e. The van der Waals surface area contributed by atoms with Crippen molar-refractivity contribution >= 4 is 22.4 Å². The fourth-order valence-corrected chi connectivity index (χ4v) is 3.99. The maximum atomic E-state index is 6.34. The summed E-state index contributed by atoms with van der Waals surface area (Å²) in [6.45, 7) is 4.66. The van der Waals surface area contributed by atoms with Crippen molar-refractivity contribution in [3.05, 3.63) is 42.0 Å². The molecule has 2 unspecified atom stereocenters. The Balaban J connectivity index is 1.90. The highest BCUT2D eigenvalue weighted by molar-refractivity contribution is 6.18. The molecular formula is C19H23ClO. The van der Waals surface area contributed by atoms with Crippen molar-refractivity contribution in [2.75, 3.05) is 0 Å². The van der Waals surface area contributed by atoms with Gasteiger partial charge in [0.25, 0.3) is 0 Å². The molecule has 0 aliphatic heterocycles. The third kappa shape index (κ3) is 3.18. The number of fused-ring (bicyclic) bond motifs is 1. The van der Waals surface area contributed by atoms with Crippen molar-refractivity contribution in [2.45, 2.75) is 45.1 Å². The van der Waals surface area contributed by atoms with Gasteiger partial charge in [-0.15, -0.1) is 11.6 Å². The highest BCUT2D eigenvalue weighted by Crippen LogP contribution is 2.35. The van der Waals surface area contributed by atoms with E-state index in [1.165, 1.54) is 17.2 Å². The number of rotatable bonds is 3. The Bertz CT molecular complexity index is 612. The molecule has 112 valence electrons. The first kappa shape index (κ1) is 14.7. The van der Waals surface area contributed by atoms with Crippen molar-refractivity contribution in [3.8, 4) is 5.75 Å². The van der Waals surface area contributed by atoms with Gasteiger partial charge in [0, 0.05) is 5.56 Å². The lowest BCUT2D eigenvalue weighted by atomic mass is 9.82. The first-order chi connectivity index (χ1) is 10.2. The van der Waals surface area contributed by atoms with E-state index in [1.54, 1.807) is 0 Å². The quantitative estimate of drug-likeness (QED) is 0.653. The Morgan fingerprint density at radius 2 is 1.71 bits per heavy atom. The molecule has 2 atom stereocenters. The Morgan fingerprint density at radius 3 is 2.43 bits per heavy atom. The maximum Gasteiger partial charge on any atom is 0.124 e. The van der Waals surface area contributed by atoms with E-state index in [9.17, 15) is 0 Å². The van der Waals surface area contributed by atoms with Crippen molar-refractivity contribution in [1.29, 1.82) is 0 Å². The number of benzene rings is 2. The first-order valence-corrected chi connectivity index (χ1v) is 8.44. The van der Waals surface area contributed by atoms with Crippen LogP contribution in [0.15, 0.2) is 36.4 Å². The van der Waals surface area contributed by atoms with Crippen molar-refractivity contribution in [3.63, 3.8) is 0 Å². The fraction of sp³-hybridized carbons (Fsp3) is 0.474. The summed E-state index contributed by atoms with van der Waals surface area (Å²) in [5, 5.41) is 2.44. The topological polar surface area (TPSA) is 9.23 Å². The zero-order valence-corrected chi connectivity index (χ0v) is 13.6. The van der Waals surface area contributed by atoms with Gasteiger partial charge < -0.3 is 4.74 Å². The third-order valence-corrected chi connectivity index (χ3v) is 4.83. The molecule has 1 fully saturated rings. The molecule has 0 aromatic heterocycles. The van der Waals surface area contributed by atoms with Gasteiger partial charge in [-0.3, -0.25) is 0 Å². The predicted octanol–water partition coefficient (Wildman–Crippen LogP) is 5.78. The average Bonchev–Trinajstić information content (AvgIpc) is 2.46. The normalized spacial score (nSPS) is 26.0. The highest BCUT2D eigenvalue weighted by atomic mass is 35.5. The van der Waals surface area contributed by atoms with Crippen LogP contribution < -0.4 is 4.74 Å². The van der Waals surface area contributed by atoms with Crippen LogP contribution >= 0.6 is 11.6 Å². The largest absolute Gasteiger partial charge is 0.490 e. The lowest BCUT2D eigenvalue weighted by Crippen LogP contribution is -2.28. The molecule has 2 aromatic carbocycles. The van der Waals surface area contributed by atoms with Gasteiger partial charge in [0.1, 0.15) is 5.75 Å². The summed E-state index contributed by atoms with van der Waals surface area (Å²) in [6, 6.07) is 12.6. The van der Waals surface area contributed by atoms with Crippen LogP contribution in [0.4, 0.5) is 0 Å². The zero-order chi connectivity index (χ0) is 14.8. The van der Waals surface area contributed by atoms with Gasteiger partial charge in [-0.1, -0.05) is 44.2 Å². The molecule has 0 amide bonds. The monoisotopic (exact) mass is 302 g/mol. The standard InChI is InChI=1S/C19H23ClO/c1-13-9-14(2)11-16(10-13)21-19-8-7-15-5-3-4-6-17(15)18(19)12-20/h3-8,13-14,16H,9-12H2,1-2H3. The lowest BCUT2D eigenvalue weighted by molar-refractivity contribution is 0.100. The fourth-order valence-electron chi connectivity index (χ4n) is 3.71. The van der Waals surface area contributed by atoms with Crippen LogP contribution in [-0.4, -0.2) is 6.10 Å². The third-order valence-electron chi connectivity index (χ3n) is 4.56. The van der Waals surface area contributed by atoms with E-state index in [0.29, 0.717) is 12.0 Å². The second-order valence-electron chi connectivity index (χ2n) is 6.55. The van der Waals surface area contributed by atoms with Crippen LogP contribution in [0.5, 0.6) is 5.75 Å². The first-order valence-electron chi connectivity index (χ1n) is 7.90.